The molecular weight excluding hydrogens is 214 g/mol. The van der Waals surface area contributed by atoms with E-state index >= 15 is 0 Å². The van der Waals surface area contributed by atoms with E-state index in [1.165, 1.54) is 12.8 Å². The van der Waals surface area contributed by atoms with Crippen LogP contribution >= 0.6 is 0 Å². The molecule has 1 saturated heterocycles. The molecule has 1 aliphatic heterocycles. The Labute approximate surface area is 104 Å². The van der Waals surface area contributed by atoms with Crippen LogP contribution in [0.25, 0.3) is 0 Å². The number of nitrogens with two attached hydrogens (primary N) is 1. The lowest BCUT2D eigenvalue weighted by Gasteiger charge is -2.38. The first kappa shape index (κ1) is 12.7. The fraction of sp³-hybridized carbons (Fsp3) is 0.923. The van der Waals surface area contributed by atoms with Gasteiger partial charge in [-0.15, -0.1) is 0 Å². The monoisotopic (exact) mass is 239 g/mol. The number of likely N-dealkylation sites (tertiary alicyclic amines) is 1. The number of carbonyl (C=O) groups is 1. The molecule has 2 bridgehead atoms. The van der Waals surface area contributed by atoms with Gasteiger partial charge in [-0.25, -0.2) is 4.79 Å². The SMILES string of the molecule is CC(C)CNC(=O)N1CC2CCCC1(CN)C2. The number of rotatable bonds is 3. The summed E-state index contributed by atoms with van der Waals surface area (Å²) in [6, 6.07) is 0.0913. The maximum Gasteiger partial charge on any atom is 0.317 e. The van der Waals surface area contributed by atoms with Gasteiger partial charge < -0.3 is 16.0 Å². The van der Waals surface area contributed by atoms with Gasteiger partial charge in [-0.2, -0.15) is 0 Å². The minimum atomic E-state index is -0.0377. The van der Waals surface area contributed by atoms with E-state index < -0.39 is 0 Å². The van der Waals surface area contributed by atoms with Crippen molar-refractivity contribution in [3.8, 4) is 0 Å². The van der Waals surface area contributed by atoms with Crippen molar-refractivity contribution in [1.82, 2.24) is 10.2 Å². The number of carbonyl (C=O) groups excluding carboxylic acids is 1. The van der Waals surface area contributed by atoms with Crippen molar-refractivity contribution in [3.63, 3.8) is 0 Å². The van der Waals surface area contributed by atoms with Gasteiger partial charge in [-0.1, -0.05) is 20.3 Å². The highest BCUT2D eigenvalue weighted by atomic mass is 16.2. The molecule has 4 heteroatoms. The summed E-state index contributed by atoms with van der Waals surface area (Å²) in [6.45, 7) is 6.49. The molecule has 0 aromatic carbocycles. The van der Waals surface area contributed by atoms with E-state index in [1.54, 1.807) is 0 Å². The van der Waals surface area contributed by atoms with Crippen molar-refractivity contribution in [2.24, 2.45) is 17.6 Å². The van der Waals surface area contributed by atoms with Gasteiger partial charge in [0, 0.05) is 19.6 Å². The van der Waals surface area contributed by atoms with Gasteiger partial charge in [0.15, 0.2) is 0 Å². The van der Waals surface area contributed by atoms with E-state index in [4.69, 9.17) is 5.73 Å². The molecule has 1 saturated carbocycles. The summed E-state index contributed by atoms with van der Waals surface area (Å²) in [4.78, 5) is 14.2. The average molecular weight is 239 g/mol. The van der Waals surface area contributed by atoms with Crippen molar-refractivity contribution in [2.75, 3.05) is 19.6 Å². The third-order valence-corrected chi connectivity index (χ3v) is 4.22. The van der Waals surface area contributed by atoms with Gasteiger partial charge >= 0.3 is 6.03 Å². The maximum absolute atomic E-state index is 12.2. The summed E-state index contributed by atoms with van der Waals surface area (Å²) in [7, 11) is 0. The lowest BCUT2D eigenvalue weighted by molar-refractivity contribution is 0.139. The van der Waals surface area contributed by atoms with Crippen molar-refractivity contribution >= 4 is 6.03 Å². The van der Waals surface area contributed by atoms with E-state index in [0.717, 1.165) is 25.9 Å². The number of fused-ring (bicyclic) bond motifs is 2. The van der Waals surface area contributed by atoms with Crippen LogP contribution in [0.1, 0.15) is 39.5 Å². The topological polar surface area (TPSA) is 58.4 Å². The fourth-order valence-electron chi connectivity index (χ4n) is 3.29. The van der Waals surface area contributed by atoms with Gasteiger partial charge in [0.1, 0.15) is 0 Å². The van der Waals surface area contributed by atoms with Crippen molar-refractivity contribution < 1.29 is 4.79 Å². The maximum atomic E-state index is 12.2. The van der Waals surface area contributed by atoms with Crippen LogP contribution in [0.5, 0.6) is 0 Å². The van der Waals surface area contributed by atoms with E-state index in [9.17, 15) is 4.79 Å². The standard InChI is InChI=1S/C13H25N3O/c1-10(2)7-15-12(17)16-8-11-4-3-5-13(16,6-11)9-14/h10-11H,3-9,14H2,1-2H3,(H,15,17). The van der Waals surface area contributed by atoms with Gasteiger partial charge in [0.05, 0.1) is 5.54 Å². The lowest BCUT2D eigenvalue weighted by Crippen LogP contribution is -2.55. The molecule has 2 rings (SSSR count). The molecule has 2 unspecified atom stereocenters. The molecule has 2 fully saturated rings. The zero-order chi connectivity index (χ0) is 12.5. The molecule has 1 aliphatic carbocycles. The van der Waals surface area contributed by atoms with Crippen molar-refractivity contribution in [2.45, 2.75) is 45.1 Å². The summed E-state index contributed by atoms with van der Waals surface area (Å²) >= 11 is 0. The van der Waals surface area contributed by atoms with E-state index in [2.05, 4.69) is 19.2 Å². The Morgan fingerprint density at radius 1 is 1.59 bits per heavy atom. The number of hydrogen-bond acceptors (Lipinski definition) is 2. The molecule has 4 nitrogen and oxygen atoms in total. The van der Waals surface area contributed by atoms with Crippen LogP contribution in [0.3, 0.4) is 0 Å². The highest BCUT2D eigenvalue weighted by Gasteiger charge is 2.48. The first-order chi connectivity index (χ1) is 8.07. The minimum Gasteiger partial charge on any atom is -0.338 e. The molecule has 0 spiro atoms. The molecule has 0 aromatic rings. The molecule has 0 radical (unpaired) electrons. The minimum absolute atomic E-state index is 0.0377. The van der Waals surface area contributed by atoms with Crippen LogP contribution in [0, 0.1) is 11.8 Å². The molecule has 3 N–H and O–H groups in total. The molecule has 98 valence electrons. The Balaban J connectivity index is 2.02. The first-order valence-corrected chi connectivity index (χ1v) is 6.83. The Bertz CT molecular complexity index is 292. The number of amides is 2. The summed E-state index contributed by atoms with van der Waals surface area (Å²) in [6.07, 6.45) is 4.67. The second-order valence-electron chi connectivity index (χ2n) is 6.08. The number of hydrogen-bond donors (Lipinski definition) is 2. The van der Waals surface area contributed by atoms with Gasteiger partial charge in [0.25, 0.3) is 0 Å². The zero-order valence-corrected chi connectivity index (χ0v) is 11.0. The van der Waals surface area contributed by atoms with Crippen LogP contribution in [-0.4, -0.2) is 36.1 Å². The summed E-state index contributed by atoms with van der Waals surface area (Å²) in [5.74, 6) is 1.17. The van der Waals surface area contributed by atoms with E-state index in [-0.39, 0.29) is 11.6 Å². The van der Waals surface area contributed by atoms with Crippen LogP contribution < -0.4 is 11.1 Å². The highest BCUT2D eigenvalue weighted by molar-refractivity contribution is 5.75. The molecule has 1 heterocycles. The Morgan fingerprint density at radius 2 is 2.35 bits per heavy atom. The number of urea groups is 1. The van der Waals surface area contributed by atoms with Crippen molar-refractivity contribution in [3.05, 3.63) is 0 Å². The third-order valence-electron chi connectivity index (χ3n) is 4.22. The van der Waals surface area contributed by atoms with Gasteiger partial charge in [-0.3, -0.25) is 0 Å². The average Bonchev–Trinajstić information content (AvgIpc) is 2.58. The molecule has 2 aliphatic rings. The summed E-state index contributed by atoms with van der Waals surface area (Å²) in [5, 5.41) is 3.03. The summed E-state index contributed by atoms with van der Waals surface area (Å²) < 4.78 is 0. The van der Waals surface area contributed by atoms with Gasteiger partial charge in [0.2, 0.25) is 0 Å². The Morgan fingerprint density at radius 3 is 3.00 bits per heavy atom. The van der Waals surface area contributed by atoms with Crippen molar-refractivity contribution in [1.29, 1.82) is 0 Å². The second kappa shape index (κ2) is 4.84. The number of nitrogens with zero attached hydrogens (tertiary/aromatic N) is 1. The fourth-order valence-corrected chi connectivity index (χ4v) is 3.29. The van der Waals surface area contributed by atoms with Gasteiger partial charge in [-0.05, 0) is 31.1 Å². The van der Waals surface area contributed by atoms with E-state index in [0.29, 0.717) is 18.4 Å². The predicted octanol–water partition coefficient (Wildman–Crippen LogP) is 1.56. The molecule has 17 heavy (non-hydrogen) atoms. The molecular formula is C13H25N3O. The zero-order valence-electron chi connectivity index (χ0n) is 11.0. The number of nitrogens with one attached hydrogen (secondary N) is 1. The van der Waals surface area contributed by atoms with Crippen LogP contribution in [-0.2, 0) is 0 Å². The Hall–Kier alpha value is -0.770. The first-order valence-electron chi connectivity index (χ1n) is 6.83. The van der Waals surface area contributed by atoms with Crippen LogP contribution in [0.15, 0.2) is 0 Å². The Kier molecular flexibility index (Phi) is 3.61. The third kappa shape index (κ3) is 2.41. The summed E-state index contributed by atoms with van der Waals surface area (Å²) in [5.41, 5.74) is 5.90. The smallest absolute Gasteiger partial charge is 0.317 e. The van der Waals surface area contributed by atoms with Crippen LogP contribution in [0.2, 0.25) is 0 Å². The predicted molar refractivity (Wildman–Crippen MR) is 68.7 cm³/mol. The molecule has 2 atom stereocenters. The molecule has 2 amide bonds. The largest absolute Gasteiger partial charge is 0.338 e. The highest BCUT2D eigenvalue weighted by Crippen LogP contribution is 2.43. The quantitative estimate of drug-likeness (QED) is 0.785. The normalized spacial score (nSPS) is 32.0. The van der Waals surface area contributed by atoms with E-state index in [1.807, 2.05) is 4.90 Å². The molecule has 0 aromatic heterocycles. The van der Waals surface area contributed by atoms with Crippen LogP contribution in [0.4, 0.5) is 4.79 Å². The second-order valence-corrected chi connectivity index (χ2v) is 6.08. The lowest BCUT2D eigenvalue weighted by atomic mass is 9.80.